The fourth-order valence-corrected chi connectivity index (χ4v) is 6.18. The van der Waals surface area contributed by atoms with Gasteiger partial charge in [-0.25, -0.2) is 4.79 Å². The molecule has 284 valence electrons. The summed E-state index contributed by atoms with van der Waals surface area (Å²) in [7, 11) is 0. The molecule has 0 saturated heterocycles. The zero-order valence-electron chi connectivity index (χ0n) is 31.5. The van der Waals surface area contributed by atoms with Crippen molar-refractivity contribution in [2.24, 2.45) is 0 Å². The fraction of sp³-hybridized carbons (Fsp3) is 0.805. The number of ether oxygens (including phenoxy) is 2. The van der Waals surface area contributed by atoms with Crippen molar-refractivity contribution in [1.29, 1.82) is 0 Å². The van der Waals surface area contributed by atoms with E-state index in [9.17, 15) is 19.8 Å². The molecule has 0 aliphatic rings. The Hall–Kier alpha value is -2.32. The monoisotopic (exact) mass is 691 g/mol. The van der Waals surface area contributed by atoms with Gasteiger partial charge in [-0.2, -0.15) is 0 Å². The van der Waals surface area contributed by atoms with Crippen LogP contribution in [-0.4, -0.2) is 60.7 Å². The molecule has 49 heavy (non-hydrogen) atoms. The van der Waals surface area contributed by atoms with Crippen molar-refractivity contribution in [2.45, 2.75) is 187 Å². The lowest BCUT2D eigenvalue weighted by atomic mass is 10.1. The van der Waals surface area contributed by atoms with Crippen LogP contribution in [0.15, 0.2) is 24.3 Å². The molecular weight excluding hydrogens is 616 g/mol. The van der Waals surface area contributed by atoms with E-state index in [1.54, 1.807) is 12.1 Å². The number of nitrogens with one attached hydrogen (secondary N) is 2. The van der Waals surface area contributed by atoms with Gasteiger partial charge < -0.3 is 30.3 Å². The predicted molar refractivity (Wildman–Crippen MR) is 202 cm³/mol. The van der Waals surface area contributed by atoms with Gasteiger partial charge in [0.25, 0.3) is 0 Å². The molecule has 0 aliphatic heterocycles. The lowest BCUT2D eigenvalue weighted by Gasteiger charge is -2.21. The summed E-state index contributed by atoms with van der Waals surface area (Å²) in [6, 6.07) is 5.46. The van der Waals surface area contributed by atoms with Crippen LogP contribution in [0, 0.1) is 0 Å². The van der Waals surface area contributed by atoms with Crippen LogP contribution in [0.4, 0.5) is 4.79 Å². The molecule has 1 rings (SSSR count). The molecule has 2 amide bonds. The molecule has 0 bridgehead atoms. The van der Waals surface area contributed by atoms with Crippen molar-refractivity contribution in [3.8, 4) is 5.75 Å². The number of phenols is 1. The Balaban J connectivity index is 2.39. The van der Waals surface area contributed by atoms with Gasteiger partial charge in [-0.15, -0.1) is 0 Å². The zero-order valence-corrected chi connectivity index (χ0v) is 31.5. The molecule has 1 aromatic rings. The lowest BCUT2D eigenvalue weighted by molar-refractivity contribution is -0.124. The van der Waals surface area contributed by atoms with E-state index in [2.05, 4.69) is 24.5 Å². The first-order valence-corrected chi connectivity index (χ1v) is 20.2. The highest BCUT2D eigenvalue weighted by molar-refractivity contribution is 5.85. The van der Waals surface area contributed by atoms with Gasteiger partial charge >= 0.3 is 6.09 Å². The summed E-state index contributed by atoms with van der Waals surface area (Å²) in [5, 5.41) is 24.1. The van der Waals surface area contributed by atoms with Crippen LogP contribution in [0.3, 0.4) is 0 Å². The van der Waals surface area contributed by atoms with Crippen LogP contribution in [0.5, 0.6) is 5.75 Å². The standard InChI is InChI=1S/C41H74N2O6/c1-3-5-7-9-11-13-15-17-19-21-23-25-31-48-35-38(49-32-26-24-22-20-18-16-14-12-10-8-6-4-2)34-42-40(45)39(43-41(46)47)33-36-27-29-37(44)30-28-36/h27-30,38-39,43-44H,3-26,31-35H2,1-2H3,(H,42,45)(H,46,47). The number of benzene rings is 1. The molecule has 2 atom stereocenters. The summed E-state index contributed by atoms with van der Waals surface area (Å²) < 4.78 is 12.2. The Morgan fingerprint density at radius 2 is 1.06 bits per heavy atom. The summed E-state index contributed by atoms with van der Waals surface area (Å²) >= 11 is 0. The molecule has 0 aliphatic carbocycles. The number of hydrogen-bond donors (Lipinski definition) is 4. The van der Waals surface area contributed by atoms with Crippen molar-refractivity contribution in [2.75, 3.05) is 26.4 Å². The number of hydrogen-bond acceptors (Lipinski definition) is 5. The number of carboxylic acid groups (broad SMARTS) is 1. The number of unbranched alkanes of at least 4 members (excludes halogenated alkanes) is 22. The maximum absolute atomic E-state index is 13.1. The molecule has 0 radical (unpaired) electrons. The number of carbonyl (C=O) groups excluding carboxylic acids is 1. The first-order chi connectivity index (χ1) is 24.0. The van der Waals surface area contributed by atoms with Crippen molar-refractivity contribution in [1.82, 2.24) is 10.6 Å². The average molecular weight is 691 g/mol. The number of amides is 2. The molecule has 8 nitrogen and oxygen atoms in total. The zero-order chi connectivity index (χ0) is 35.6. The van der Waals surface area contributed by atoms with Gasteiger partial charge in [-0.1, -0.05) is 167 Å². The largest absolute Gasteiger partial charge is 0.508 e. The molecule has 4 N–H and O–H groups in total. The van der Waals surface area contributed by atoms with Crippen molar-refractivity contribution in [3.63, 3.8) is 0 Å². The molecule has 1 aromatic carbocycles. The van der Waals surface area contributed by atoms with E-state index in [1.807, 2.05) is 0 Å². The van der Waals surface area contributed by atoms with Gasteiger partial charge in [0.15, 0.2) is 0 Å². The van der Waals surface area contributed by atoms with E-state index < -0.39 is 18.0 Å². The number of rotatable bonds is 35. The van der Waals surface area contributed by atoms with E-state index in [0.717, 1.165) is 31.2 Å². The third-order valence-corrected chi connectivity index (χ3v) is 9.29. The van der Waals surface area contributed by atoms with Crippen LogP contribution in [0.25, 0.3) is 0 Å². The van der Waals surface area contributed by atoms with E-state index in [1.165, 1.54) is 141 Å². The summed E-state index contributed by atoms with van der Waals surface area (Å²) in [5.41, 5.74) is 0.747. The quantitative estimate of drug-likeness (QED) is 0.0527. The number of aromatic hydroxyl groups is 1. The molecular formula is C41H74N2O6. The molecule has 8 heteroatoms. The second-order valence-electron chi connectivity index (χ2n) is 14.0. The molecule has 0 spiro atoms. The Morgan fingerprint density at radius 3 is 1.51 bits per heavy atom. The second kappa shape index (κ2) is 32.9. The van der Waals surface area contributed by atoms with Gasteiger partial charge in [0.2, 0.25) is 5.91 Å². The van der Waals surface area contributed by atoms with Crippen LogP contribution in [-0.2, 0) is 20.7 Å². The predicted octanol–water partition coefficient (Wildman–Crippen LogP) is 10.5. The maximum Gasteiger partial charge on any atom is 0.405 e. The molecule has 0 fully saturated rings. The molecule has 2 unspecified atom stereocenters. The SMILES string of the molecule is CCCCCCCCCCCCCCOCC(CNC(=O)C(Cc1ccc(O)cc1)NC(=O)O)OCCCCCCCCCCCCCC. The van der Waals surface area contributed by atoms with Gasteiger partial charge in [-0.05, 0) is 30.5 Å². The number of carbonyl (C=O) groups is 2. The smallest absolute Gasteiger partial charge is 0.405 e. The topological polar surface area (TPSA) is 117 Å². The molecule has 0 heterocycles. The highest BCUT2D eigenvalue weighted by Crippen LogP contribution is 2.14. The Kier molecular flexibility index (Phi) is 30.0. The van der Waals surface area contributed by atoms with Gasteiger partial charge in [0.05, 0.1) is 12.7 Å². The first kappa shape index (κ1) is 44.7. The Bertz CT molecular complexity index is 896. The van der Waals surface area contributed by atoms with Crippen LogP contribution < -0.4 is 10.6 Å². The third-order valence-electron chi connectivity index (χ3n) is 9.29. The minimum absolute atomic E-state index is 0.118. The second-order valence-corrected chi connectivity index (χ2v) is 14.0. The highest BCUT2D eigenvalue weighted by atomic mass is 16.5. The van der Waals surface area contributed by atoms with Crippen LogP contribution >= 0.6 is 0 Å². The average Bonchev–Trinajstić information content (AvgIpc) is 3.09. The van der Waals surface area contributed by atoms with Crippen molar-refractivity contribution in [3.05, 3.63) is 29.8 Å². The lowest BCUT2D eigenvalue weighted by Crippen LogP contribution is -2.49. The Labute approximate surface area is 299 Å². The summed E-state index contributed by atoms with van der Waals surface area (Å²) in [5.74, 6) is -0.289. The van der Waals surface area contributed by atoms with Crippen LogP contribution in [0.1, 0.15) is 174 Å². The molecule has 0 saturated carbocycles. The minimum atomic E-state index is -1.26. The summed E-state index contributed by atoms with van der Waals surface area (Å²) in [4.78, 5) is 24.5. The van der Waals surface area contributed by atoms with E-state index >= 15 is 0 Å². The van der Waals surface area contributed by atoms with Crippen molar-refractivity contribution < 1.29 is 29.3 Å². The van der Waals surface area contributed by atoms with E-state index in [4.69, 9.17) is 9.47 Å². The van der Waals surface area contributed by atoms with Gasteiger partial charge in [0, 0.05) is 26.2 Å². The Morgan fingerprint density at radius 1 is 0.633 bits per heavy atom. The minimum Gasteiger partial charge on any atom is -0.508 e. The summed E-state index contributed by atoms with van der Waals surface area (Å²) in [6.45, 7) is 6.46. The van der Waals surface area contributed by atoms with Gasteiger partial charge in [-0.3, -0.25) is 4.79 Å². The van der Waals surface area contributed by atoms with E-state index in [-0.39, 0.29) is 24.8 Å². The normalized spacial score (nSPS) is 12.5. The highest BCUT2D eigenvalue weighted by Gasteiger charge is 2.22. The van der Waals surface area contributed by atoms with Crippen molar-refractivity contribution >= 4 is 12.0 Å². The van der Waals surface area contributed by atoms with E-state index in [0.29, 0.717) is 19.8 Å². The maximum atomic E-state index is 13.1. The third kappa shape index (κ3) is 28.1. The fourth-order valence-electron chi connectivity index (χ4n) is 6.18. The summed E-state index contributed by atoms with van der Waals surface area (Å²) in [6.07, 6.45) is 29.6. The number of phenolic OH excluding ortho intramolecular Hbond substituents is 1. The van der Waals surface area contributed by atoms with Crippen LogP contribution in [0.2, 0.25) is 0 Å². The first-order valence-electron chi connectivity index (χ1n) is 20.2. The van der Waals surface area contributed by atoms with Gasteiger partial charge in [0.1, 0.15) is 11.8 Å². The molecule has 0 aromatic heterocycles.